The lowest BCUT2D eigenvalue weighted by Crippen LogP contribution is -2.18. The summed E-state index contributed by atoms with van der Waals surface area (Å²) in [6.45, 7) is 4.45. The highest BCUT2D eigenvalue weighted by atomic mass is 16.5. The second kappa shape index (κ2) is 29.5. The molecule has 0 aliphatic carbocycles. The second-order valence-electron chi connectivity index (χ2n) is 10.3. The lowest BCUT2D eigenvalue weighted by molar-refractivity contribution is -0.150. The van der Waals surface area contributed by atoms with Crippen LogP contribution in [0.15, 0.2) is 48.6 Å². The molecule has 0 aromatic rings. The van der Waals surface area contributed by atoms with Crippen LogP contribution in [-0.4, -0.2) is 23.1 Å². The molecule has 218 valence electrons. The number of carboxylic acids is 1. The van der Waals surface area contributed by atoms with E-state index in [4.69, 9.17) is 9.84 Å². The van der Waals surface area contributed by atoms with E-state index in [1.807, 2.05) is 0 Å². The first-order chi connectivity index (χ1) is 18.6. The van der Waals surface area contributed by atoms with Crippen molar-refractivity contribution >= 4 is 11.9 Å². The fourth-order valence-corrected chi connectivity index (χ4v) is 4.23. The van der Waals surface area contributed by atoms with Gasteiger partial charge in [0.1, 0.15) is 6.10 Å². The summed E-state index contributed by atoms with van der Waals surface area (Å²) >= 11 is 0. The van der Waals surface area contributed by atoms with E-state index in [0.29, 0.717) is 12.8 Å². The monoisotopic (exact) mass is 530 g/mol. The Hall–Kier alpha value is -2.10. The Morgan fingerprint density at radius 3 is 1.61 bits per heavy atom. The number of allylic oxidation sites excluding steroid dienone is 8. The summed E-state index contributed by atoms with van der Waals surface area (Å²) in [4.78, 5) is 23.1. The molecule has 4 nitrogen and oxygen atoms in total. The summed E-state index contributed by atoms with van der Waals surface area (Å²) < 4.78 is 5.81. The number of carbonyl (C=O) groups is 2. The maximum Gasteiger partial charge on any atom is 0.306 e. The number of hydrogen-bond acceptors (Lipinski definition) is 3. The van der Waals surface area contributed by atoms with E-state index in [2.05, 4.69) is 62.5 Å². The van der Waals surface area contributed by atoms with E-state index in [0.717, 1.165) is 64.2 Å². The molecule has 0 aliphatic heterocycles. The van der Waals surface area contributed by atoms with Gasteiger partial charge in [-0.1, -0.05) is 107 Å². The molecule has 1 N–H and O–H groups in total. The molecule has 1 atom stereocenters. The van der Waals surface area contributed by atoms with Gasteiger partial charge in [-0.15, -0.1) is 0 Å². The van der Waals surface area contributed by atoms with Gasteiger partial charge in [0.25, 0.3) is 0 Å². The highest BCUT2D eigenvalue weighted by Crippen LogP contribution is 2.17. The van der Waals surface area contributed by atoms with Gasteiger partial charge < -0.3 is 9.84 Å². The summed E-state index contributed by atoms with van der Waals surface area (Å²) in [7, 11) is 0. The van der Waals surface area contributed by atoms with Crippen LogP contribution in [0.3, 0.4) is 0 Å². The van der Waals surface area contributed by atoms with E-state index < -0.39 is 5.97 Å². The number of rotatable bonds is 27. The van der Waals surface area contributed by atoms with Crippen molar-refractivity contribution in [1.82, 2.24) is 0 Å². The minimum Gasteiger partial charge on any atom is -0.481 e. The normalized spacial score (nSPS) is 12.9. The van der Waals surface area contributed by atoms with Crippen molar-refractivity contribution in [2.75, 3.05) is 0 Å². The summed E-state index contributed by atoms with van der Waals surface area (Å²) in [6.07, 6.45) is 38.4. The molecule has 0 heterocycles. The van der Waals surface area contributed by atoms with Crippen LogP contribution in [0.25, 0.3) is 0 Å². The first-order valence-electron chi connectivity index (χ1n) is 15.6. The Morgan fingerprint density at radius 1 is 0.579 bits per heavy atom. The molecule has 0 rings (SSSR count). The van der Waals surface area contributed by atoms with Gasteiger partial charge in [-0.25, -0.2) is 0 Å². The first-order valence-corrected chi connectivity index (χ1v) is 15.6. The number of esters is 1. The quantitative estimate of drug-likeness (QED) is 0.0651. The van der Waals surface area contributed by atoms with Gasteiger partial charge in [0, 0.05) is 12.8 Å². The first kappa shape index (κ1) is 35.9. The van der Waals surface area contributed by atoms with Crippen molar-refractivity contribution < 1.29 is 19.4 Å². The Morgan fingerprint density at radius 2 is 1.05 bits per heavy atom. The molecule has 0 fully saturated rings. The highest BCUT2D eigenvalue weighted by Gasteiger charge is 2.14. The average Bonchev–Trinajstić information content (AvgIpc) is 2.89. The Balaban J connectivity index is 4.00. The third kappa shape index (κ3) is 28.5. The van der Waals surface area contributed by atoms with Gasteiger partial charge in [-0.05, 0) is 77.0 Å². The maximum absolute atomic E-state index is 12.4. The average molecular weight is 531 g/mol. The van der Waals surface area contributed by atoms with Gasteiger partial charge in [0.05, 0.1) is 0 Å². The Labute approximate surface area is 234 Å². The molecule has 38 heavy (non-hydrogen) atoms. The number of aliphatic carboxylic acids is 1. The van der Waals surface area contributed by atoms with Gasteiger partial charge in [0.15, 0.2) is 0 Å². The van der Waals surface area contributed by atoms with E-state index in [-0.39, 0.29) is 18.5 Å². The predicted octanol–water partition coefficient (Wildman–Crippen LogP) is 10.4. The van der Waals surface area contributed by atoms with Crippen molar-refractivity contribution in [3.05, 3.63) is 48.6 Å². The van der Waals surface area contributed by atoms with E-state index in [1.165, 1.54) is 51.4 Å². The van der Waals surface area contributed by atoms with E-state index in [1.54, 1.807) is 0 Å². The Bertz CT molecular complexity index is 659. The van der Waals surface area contributed by atoms with Crippen molar-refractivity contribution in [2.24, 2.45) is 0 Å². The summed E-state index contributed by atoms with van der Waals surface area (Å²) in [5.74, 6) is -0.831. The number of unbranched alkanes of at least 4 members (excludes halogenated alkanes) is 10. The van der Waals surface area contributed by atoms with Crippen LogP contribution in [-0.2, 0) is 14.3 Å². The standard InChI is InChI=1S/C34H58O4/c1-3-5-7-9-10-11-12-13-14-15-16-17-18-19-20-22-27-31-34(37)38-32(28-24-21-8-6-4-2)29-25-23-26-30-33(35)36/h10-11,13-14,16-17,19-20,32H,3-9,12,15,18,21-31H2,1-2H3,(H,35,36)/b11-10-,14-13-,17-16-,20-19-. The fraction of sp³-hybridized carbons (Fsp3) is 0.706. The second-order valence-corrected chi connectivity index (χ2v) is 10.3. The largest absolute Gasteiger partial charge is 0.481 e. The minimum atomic E-state index is -0.738. The van der Waals surface area contributed by atoms with Gasteiger partial charge >= 0.3 is 11.9 Å². The van der Waals surface area contributed by atoms with Crippen molar-refractivity contribution in [1.29, 1.82) is 0 Å². The molecule has 0 saturated heterocycles. The van der Waals surface area contributed by atoms with Crippen LogP contribution >= 0.6 is 0 Å². The zero-order valence-corrected chi connectivity index (χ0v) is 24.7. The zero-order valence-electron chi connectivity index (χ0n) is 24.7. The minimum absolute atomic E-state index is 0.0227. The number of hydrogen-bond donors (Lipinski definition) is 1. The van der Waals surface area contributed by atoms with Crippen molar-refractivity contribution in [2.45, 2.75) is 155 Å². The fourth-order valence-electron chi connectivity index (χ4n) is 4.23. The lowest BCUT2D eigenvalue weighted by Gasteiger charge is -2.18. The molecule has 0 bridgehead atoms. The third-order valence-corrected chi connectivity index (χ3v) is 6.55. The van der Waals surface area contributed by atoms with Crippen molar-refractivity contribution in [3.63, 3.8) is 0 Å². The summed E-state index contributed by atoms with van der Waals surface area (Å²) in [6, 6.07) is 0. The van der Waals surface area contributed by atoms with Gasteiger partial charge in [-0.3, -0.25) is 9.59 Å². The summed E-state index contributed by atoms with van der Waals surface area (Å²) in [5.41, 5.74) is 0. The molecule has 4 heteroatoms. The molecular weight excluding hydrogens is 472 g/mol. The smallest absolute Gasteiger partial charge is 0.306 e. The van der Waals surface area contributed by atoms with E-state index in [9.17, 15) is 9.59 Å². The van der Waals surface area contributed by atoms with Gasteiger partial charge in [-0.2, -0.15) is 0 Å². The molecule has 0 aliphatic rings. The third-order valence-electron chi connectivity index (χ3n) is 6.55. The highest BCUT2D eigenvalue weighted by molar-refractivity contribution is 5.69. The molecular formula is C34H58O4. The Kier molecular flexibility index (Phi) is 27.8. The van der Waals surface area contributed by atoms with Crippen molar-refractivity contribution in [3.8, 4) is 0 Å². The summed E-state index contributed by atoms with van der Waals surface area (Å²) in [5, 5.41) is 8.79. The maximum atomic E-state index is 12.4. The molecule has 0 spiro atoms. The molecule has 0 aromatic heterocycles. The van der Waals surface area contributed by atoms with Crippen LogP contribution in [0.1, 0.15) is 149 Å². The lowest BCUT2D eigenvalue weighted by atomic mass is 10.0. The predicted molar refractivity (Wildman–Crippen MR) is 162 cm³/mol. The van der Waals surface area contributed by atoms with Crippen LogP contribution in [0.4, 0.5) is 0 Å². The molecule has 1 unspecified atom stereocenters. The molecule has 0 radical (unpaired) electrons. The van der Waals surface area contributed by atoms with Crippen LogP contribution in [0, 0.1) is 0 Å². The van der Waals surface area contributed by atoms with Crippen LogP contribution in [0.5, 0.6) is 0 Å². The SMILES string of the molecule is CCCCC/C=C\C/C=C\C/C=C\C/C=C\CCCC(=O)OC(CCCCCCC)CCCCCC(=O)O. The molecule has 0 aromatic carbocycles. The number of carbonyl (C=O) groups excluding carboxylic acids is 1. The van der Waals surface area contributed by atoms with Crippen LogP contribution < -0.4 is 0 Å². The topological polar surface area (TPSA) is 63.6 Å². The zero-order chi connectivity index (χ0) is 27.9. The van der Waals surface area contributed by atoms with Gasteiger partial charge in [0.2, 0.25) is 0 Å². The molecule has 0 amide bonds. The number of carboxylic acid groups (broad SMARTS) is 1. The van der Waals surface area contributed by atoms with Crippen LogP contribution in [0.2, 0.25) is 0 Å². The van der Waals surface area contributed by atoms with E-state index >= 15 is 0 Å². The molecule has 0 saturated carbocycles. The number of ether oxygens (including phenoxy) is 1.